The third-order valence-corrected chi connectivity index (χ3v) is 5.33. The minimum Gasteiger partial charge on any atom is -0.399 e. The van der Waals surface area contributed by atoms with Crippen LogP contribution in [0, 0.1) is 20.8 Å². The fourth-order valence-corrected chi connectivity index (χ4v) is 3.66. The largest absolute Gasteiger partial charge is 0.399 e. The number of likely N-dealkylation sites (tertiary alicyclic amines) is 1. The molecule has 0 saturated carbocycles. The number of hydrogen-bond donors (Lipinski definition) is 1. The van der Waals surface area contributed by atoms with E-state index in [4.69, 9.17) is 4.84 Å². The maximum absolute atomic E-state index is 13.1. The van der Waals surface area contributed by atoms with E-state index in [-0.39, 0.29) is 18.6 Å². The first-order chi connectivity index (χ1) is 13.0. The fraction of sp³-hybridized carbons (Fsp3) is 0.364. The molecule has 1 heterocycles. The van der Waals surface area contributed by atoms with Gasteiger partial charge in [0.25, 0.3) is 5.91 Å². The zero-order chi connectivity index (χ0) is 19.6. The molecule has 0 aromatic heterocycles. The number of aliphatic hydroxyl groups is 1. The van der Waals surface area contributed by atoms with Crippen molar-refractivity contribution in [2.45, 2.75) is 33.2 Å². The van der Waals surface area contributed by atoms with Crippen molar-refractivity contribution in [2.75, 3.05) is 20.3 Å². The normalized spacial score (nSPS) is 18.2. The number of hydrogen-bond acceptors (Lipinski definition) is 4. The molecule has 1 amide bonds. The highest BCUT2D eigenvalue weighted by Crippen LogP contribution is 2.28. The molecule has 1 unspecified atom stereocenters. The van der Waals surface area contributed by atoms with Crippen LogP contribution in [0.1, 0.15) is 33.5 Å². The lowest BCUT2D eigenvalue weighted by atomic mass is 9.94. The van der Waals surface area contributed by atoms with E-state index in [1.54, 1.807) is 4.90 Å². The average Bonchev–Trinajstić information content (AvgIpc) is 3.07. The Morgan fingerprint density at radius 3 is 2.67 bits per heavy atom. The first-order valence-corrected chi connectivity index (χ1v) is 9.14. The number of aliphatic hydroxyl groups excluding tert-OH is 1. The zero-order valence-electron chi connectivity index (χ0n) is 16.3. The van der Waals surface area contributed by atoms with Crippen LogP contribution >= 0.6 is 0 Å². The van der Waals surface area contributed by atoms with Crippen molar-refractivity contribution in [2.24, 2.45) is 5.16 Å². The van der Waals surface area contributed by atoms with Gasteiger partial charge in [-0.25, -0.2) is 0 Å². The lowest BCUT2D eigenvalue weighted by molar-refractivity contribution is 0.0679. The van der Waals surface area contributed by atoms with Gasteiger partial charge >= 0.3 is 0 Å². The number of benzene rings is 2. The first kappa shape index (κ1) is 19.1. The average molecular weight is 366 g/mol. The molecule has 1 fully saturated rings. The molecule has 0 aliphatic carbocycles. The monoisotopic (exact) mass is 366 g/mol. The molecule has 1 aliphatic rings. The van der Waals surface area contributed by atoms with Gasteiger partial charge in [0.15, 0.2) is 0 Å². The summed E-state index contributed by atoms with van der Waals surface area (Å²) < 4.78 is 0. The molecule has 0 bridgehead atoms. The summed E-state index contributed by atoms with van der Waals surface area (Å²) in [6.45, 7) is 6.47. The molecule has 1 saturated heterocycles. The van der Waals surface area contributed by atoms with Crippen molar-refractivity contribution >= 4 is 11.6 Å². The standard InChI is InChI=1S/C22H26N2O3/c1-14-6-5-7-21(16(14)3)17-8-9-20(15(2)10-17)22(26)24-12-18(23-27-4)11-19(24)13-25/h5-10,19,25H,11-13H2,1-4H3/b23-18-. The molecular weight excluding hydrogens is 340 g/mol. The first-order valence-electron chi connectivity index (χ1n) is 9.14. The van der Waals surface area contributed by atoms with Crippen LogP contribution < -0.4 is 0 Å². The summed E-state index contributed by atoms with van der Waals surface area (Å²) >= 11 is 0. The Hall–Kier alpha value is -2.66. The van der Waals surface area contributed by atoms with Gasteiger partial charge in [0.1, 0.15) is 7.11 Å². The molecule has 3 rings (SSSR count). The van der Waals surface area contributed by atoms with Crippen molar-refractivity contribution in [3.05, 3.63) is 58.7 Å². The number of carbonyl (C=O) groups is 1. The number of carbonyl (C=O) groups excluding carboxylic acids is 1. The Kier molecular flexibility index (Phi) is 5.61. The molecule has 5 heteroatoms. The number of amides is 1. The molecule has 0 radical (unpaired) electrons. The maximum Gasteiger partial charge on any atom is 0.254 e. The Morgan fingerprint density at radius 2 is 2.00 bits per heavy atom. The second-order valence-electron chi connectivity index (χ2n) is 7.09. The zero-order valence-corrected chi connectivity index (χ0v) is 16.3. The van der Waals surface area contributed by atoms with Crippen molar-refractivity contribution < 1.29 is 14.7 Å². The van der Waals surface area contributed by atoms with E-state index in [0.717, 1.165) is 16.8 Å². The highest BCUT2D eigenvalue weighted by atomic mass is 16.6. The van der Waals surface area contributed by atoms with E-state index in [1.807, 2.05) is 19.1 Å². The number of nitrogens with zero attached hydrogens (tertiary/aromatic N) is 2. The summed E-state index contributed by atoms with van der Waals surface area (Å²) in [5, 5.41) is 13.6. The van der Waals surface area contributed by atoms with Crippen molar-refractivity contribution in [1.82, 2.24) is 4.90 Å². The summed E-state index contributed by atoms with van der Waals surface area (Å²) in [4.78, 5) is 19.6. The van der Waals surface area contributed by atoms with Crippen molar-refractivity contribution in [3.63, 3.8) is 0 Å². The maximum atomic E-state index is 13.1. The van der Waals surface area contributed by atoms with Gasteiger partial charge in [-0.3, -0.25) is 4.79 Å². The van der Waals surface area contributed by atoms with Gasteiger partial charge in [-0.05, 0) is 54.7 Å². The summed E-state index contributed by atoms with van der Waals surface area (Å²) in [7, 11) is 1.49. The van der Waals surface area contributed by atoms with E-state index >= 15 is 0 Å². The van der Waals surface area contributed by atoms with Crippen LogP contribution in [0.2, 0.25) is 0 Å². The van der Waals surface area contributed by atoms with Crippen LogP contribution in [-0.4, -0.2) is 47.9 Å². The topological polar surface area (TPSA) is 62.1 Å². The SMILES string of the molecule is CO/N=C1/CC(CO)N(C(=O)c2ccc(-c3cccc(C)c3C)cc2C)C1. The second-order valence-corrected chi connectivity index (χ2v) is 7.09. The Labute approximate surface area is 160 Å². The molecule has 1 atom stereocenters. The van der Waals surface area contributed by atoms with Crippen LogP contribution in [-0.2, 0) is 4.84 Å². The van der Waals surface area contributed by atoms with Crippen LogP contribution in [0.5, 0.6) is 0 Å². The number of aryl methyl sites for hydroxylation is 2. The summed E-state index contributed by atoms with van der Waals surface area (Å²) in [5.74, 6) is -0.0830. The molecule has 142 valence electrons. The number of rotatable bonds is 4. The van der Waals surface area contributed by atoms with E-state index in [9.17, 15) is 9.90 Å². The van der Waals surface area contributed by atoms with Gasteiger partial charge in [-0.2, -0.15) is 0 Å². The van der Waals surface area contributed by atoms with Crippen LogP contribution in [0.3, 0.4) is 0 Å². The minimum absolute atomic E-state index is 0.0830. The Bertz CT molecular complexity index is 889. The molecule has 1 aliphatic heterocycles. The predicted octanol–water partition coefficient (Wildman–Crippen LogP) is 3.49. The highest BCUT2D eigenvalue weighted by molar-refractivity contribution is 6.01. The van der Waals surface area contributed by atoms with Gasteiger partial charge in [-0.15, -0.1) is 0 Å². The lowest BCUT2D eigenvalue weighted by Crippen LogP contribution is -2.38. The lowest BCUT2D eigenvalue weighted by Gasteiger charge is -2.23. The van der Waals surface area contributed by atoms with E-state index < -0.39 is 0 Å². The van der Waals surface area contributed by atoms with Crippen LogP contribution in [0.25, 0.3) is 11.1 Å². The summed E-state index contributed by atoms with van der Waals surface area (Å²) in [5.41, 5.74) is 7.13. The Balaban J connectivity index is 1.91. The third-order valence-electron chi connectivity index (χ3n) is 5.33. The van der Waals surface area contributed by atoms with Crippen LogP contribution in [0.15, 0.2) is 41.6 Å². The number of oxime groups is 1. The van der Waals surface area contributed by atoms with Gasteiger partial charge in [0, 0.05) is 12.0 Å². The van der Waals surface area contributed by atoms with E-state index in [1.165, 1.54) is 23.8 Å². The molecule has 27 heavy (non-hydrogen) atoms. The molecule has 1 N–H and O–H groups in total. The Morgan fingerprint density at radius 1 is 1.22 bits per heavy atom. The predicted molar refractivity (Wildman–Crippen MR) is 107 cm³/mol. The van der Waals surface area contributed by atoms with Gasteiger partial charge in [0.05, 0.1) is 24.9 Å². The fourth-order valence-electron chi connectivity index (χ4n) is 3.66. The van der Waals surface area contributed by atoms with Gasteiger partial charge in [0.2, 0.25) is 0 Å². The molecule has 5 nitrogen and oxygen atoms in total. The van der Waals surface area contributed by atoms with E-state index in [2.05, 4.69) is 43.3 Å². The third kappa shape index (κ3) is 3.74. The summed E-state index contributed by atoms with van der Waals surface area (Å²) in [6, 6.07) is 11.9. The van der Waals surface area contributed by atoms with Crippen LogP contribution in [0.4, 0.5) is 0 Å². The summed E-state index contributed by atoms with van der Waals surface area (Å²) in [6.07, 6.45) is 0.537. The highest BCUT2D eigenvalue weighted by Gasteiger charge is 2.33. The quantitative estimate of drug-likeness (QED) is 0.843. The van der Waals surface area contributed by atoms with E-state index in [0.29, 0.717) is 18.5 Å². The molecule has 0 spiro atoms. The van der Waals surface area contributed by atoms with Crippen molar-refractivity contribution in [3.8, 4) is 11.1 Å². The van der Waals surface area contributed by atoms with Gasteiger partial charge < -0.3 is 14.8 Å². The molecule has 2 aromatic rings. The minimum atomic E-state index is -0.260. The van der Waals surface area contributed by atoms with Gasteiger partial charge in [-0.1, -0.05) is 35.5 Å². The molecular formula is C22H26N2O3. The van der Waals surface area contributed by atoms with Crippen molar-refractivity contribution in [1.29, 1.82) is 0 Å². The molecule has 2 aromatic carbocycles. The smallest absolute Gasteiger partial charge is 0.254 e. The second kappa shape index (κ2) is 7.92.